The molecule has 3 aromatic rings. The number of aromatic nitrogens is 3. The molecule has 0 unspecified atom stereocenters. The van der Waals surface area contributed by atoms with E-state index in [4.69, 9.17) is 16.6 Å². The second kappa shape index (κ2) is 6.93. The van der Waals surface area contributed by atoms with E-state index in [-0.39, 0.29) is 5.91 Å². The fourth-order valence-corrected chi connectivity index (χ4v) is 3.39. The minimum atomic E-state index is -0.0492. The molecule has 1 saturated carbocycles. The number of anilines is 3. The predicted octanol–water partition coefficient (Wildman–Crippen LogP) is 4.12. The van der Waals surface area contributed by atoms with Crippen LogP contribution >= 0.6 is 11.6 Å². The van der Waals surface area contributed by atoms with Gasteiger partial charge in [-0.25, -0.2) is 4.98 Å². The molecule has 0 spiro atoms. The van der Waals surface area contributed by atoms with Crippen LogP contribution in [0.3, 0.4) is 0 Å². The topological polar surface area (TPSA) is 83.4 Å². The molecule has 2 aromatic heterocycles. The van der Waals surface area contributed by atoms with Crippen LogP contribution in [0.1, 0.15) is 24.8 Å². The lowest BCUT2D eigenvalue weighted by Gasteiger charge is -2.11. The lowest BCUT2D eigenvalue weighted by Crippen LogP contribution is -2.10. The maximum absolute atomic E-state index is 11.6. The molecule has 0 radical (unpaired) electrons. The summed E-state index contributed by atoms with van der Waals surface area (Å²) in [5, 5.41) is 14.8. The van der Waals surface area contributed by atoms with E-state index < -0.39 is 0 Å². The Kier molecular flexibility index (Phi) is 4.24. The SMILES string of the molecule is C=C1NC(=O)C/C1=C\c1cnn2c(NC3CC3)cc(Nc3ccc(Cl)cc3)nc12. The monoisotopic (exact) mass is 406 g/mol. The van der Waals surface area contributed by atoms with E-state index in [9.17, 15) is 4.79 Å². The molecular weight excluding hydrogens is 388 g/mol. The van der Waals surface area contributed by atoms with Crippen LogP contribution in [0.4, 0.5) is 17.3 Å². The van der Waals surface area contributed by atoms with Crippen LogP contribution in [0.5, 0.6) is 0 Å². The van der Waals surface area contributed by atoms with Gasteiger partial charge in [0.1, 0.15) is 11.6 Å². The van der Waals surface area contributed by atoms with Crippen LogP contribution in [0.25, 0.3) is 11.7 Å². The molecule has 0 bridgehead atoms. The van der Waals surface area contributed by atoms with Crippen LogP contribution in [-0.2, 0) is 4.79 Å². The summed E-state index contributed by atoms with van der Waals surface area (Å²) in [6.45, 7) is 3.91. The first-order valence-electron chi connectivity index (χ1n) is 9.43. The number of hydrogen-bond donors (Lipinski definition) is 3. The number of nitrogens with one attached hydrogen (secondary N) is 3. The van der Waals surface area contributed by atoms with E-state index in [1.54, 1.807) is 10.7 Å². The van der Waals surface area contributed by atoms with E-state index in [0.717, 1.165) is 35.5 Å². The van der Waals surface area contributed by atoms with Gasteiger partial charge in [0.2, 0.25) is 5.91 Å². The number of amides is 1. The van der Waals surface area contributed by atoms with Gasteiger partial charge in [-0.15, -0.1) is 0 Å². The van der Waals surface area contributed by atoms with Crippen LogP contribution in [0.15, 0.2) is 54.4 Å². The summed E-state index contributed by atoms with van der Waals surface area (Å²) in [5.41, 5.74) is 3.89. The maximum Gasteiger partial charge on any atom is 0.228 e. The summed E-state index contributed by atoms with van der Waals surface area (Å²) in [6, 6.07) is 9.88. The molecule has 8 heteroatoms. The van der Waals surface area contributed by atoms with Gasteiger partial charge in [-0.05, 0) is 48.8 Å². The van der Waals surface area contributed by atoms with E-state index >= 15 is 0 Å². The van der Waals surface area contributed by atoms with Gasteiger partial charge in [0, 0.05) is 34.1 Å². The molecule has 1 saturated heterocycles. The average Bonchev–Trinajstić information content (AvgIpc) is 3.33. The summed E-state index contributed by atoms with van der Waals surface area (Å²) in [7, 11) is 0. The number of carbonyl (C=O) groups excluding carboxylic acids is 1. The molecule has 1 aliphatic carbocycles. The number of hydrogen-bond acceptors (Lipinski definition) is 5. The molecule has 7 nitrogen and oxygen atoms in total. The van der Waals surface area contributed by atoms with Gasteiger partial charge in [-0.2, -0.15) is 9.61 Å². The number of fused-ring (bicyclic) bond motifs is 1. The normalized spacial score (nSPS) is 17.8. The van der Waals surface area contributed by atoms with Gasteiger partial charge in [0.15, 0.2) is 5.65 Å². The van der Waals surface area contributed by atoms with Gasteiger partial charge in [-0.3, -0.25) is 4.79 Å². The number of rotatable bonds is 5. The highest BCUT2D eigenvalue weighted by molar-refractivity contribution is 6.30. The molecule has 5 rings (SSSR count). The molecule has 1 aliphatic heterocycles. The van der Waals surface area contributed by atoms with Crippen molar-refractivity contribution in [1.82, 2.24) is 19.9 Å². The highest BCUT2D eigenvalue weighted by atomic mass is 35.5. The third-order valence-electron chi connectivity index (χ3n) is 4.90. The summed E-state index contributed by atoms with van der Waals surface area (Å²) in [4.78, 5) is 16.4. The van der Waals surface area contributed by atoms with Gasteiger partial charge in [-0.1, -0.05) is 18.2 Å². The van der Waals surface area contributed by atoms with Crippen LogP contribution in [0.2, 0.25) is 5.02 Å². The highest BCUT2D eigenvalue weighted by Gasteiger charge is 2.24. The first-order chi connectivity index (χ1) is 14.0. The summed E-state index contributed by atoms with van der Waals surface area (Å²) < 4.78 is 1.80. The molecule has 2 fully saturated rings. The lowest BCUT2D eigenvalue weighted by atomic mass is 10.1. The fraction of sp³-hybridized carbons (Fsp3) is 0.190. The van der Waals surface area contributed by atoms with Crippen molar-refractivity contribution in [2.24, 2.45) is 0 Å². The molecule has 3 N–H and O–H groups in total. The van der Waals surface area contributed by atoms with Crippen LogP contribution in [0, 0.1) is 0 Å². The summed E-state index contributed by atoms with van der Waals surface area (Å²) in [6.07, 6.45) is 6.29. The lowest BCUT2D eigenvalue weighted by molar-refractivity contribution is -0.118. The van der Waals surface area contributed by atoms with Crippen molar-refractivity contribution in [3.05, 3.63) is 65.0 Å². The number of carbonyl (C=O) groups is 1. The third kappa shape index (κ3) is 3.69. The van der Waals surface area contributed by atoms with Crippen molar-refractivity contribution in [2.45, 2.75) is 25.3 Å². The van der Waals surface area contributed by atoms with Gasteiger partial charge in [0.25, 0.3) is 0 Å². The highest BCUT2D eigenvalue weighted by Crippen LogP contribution is 2.29. The van der Waals surface area contributed by atoms with Gasteiger partial charge in [0.05, 0.1) is 12.6 Å². The van der Waals surface area contributed by atoms with E-state index in [0.29, 0.717) is 34.6 Å². The molecular formula is C21H19ClN6O. The molecule has 2 aliphatic rings. The van der Waals surface area contributed by atoms with Crippen molar-refractivity contribution in [3.63, 3.8) is 0 Å². The molecule has 146 valence electrons. The summed E-state index contributed by atoms with van der Waals surface area (Å²) >= 11 is 5.98. The fourth-order valence-electron chi connectivity index (χ4n) is 3.26. The first-order valence-corrected chi connectivity index (χ1v) is 9.80. The Bertz CT molecular complexity index is 1160. The second-order valence-electron chi connectivity index (χ2n) is 7.29. The van der Waals surface area contributed by atoms with E-state index in [1.807, 2.05) is 36.4 Å². The largest absolute Gasteiger partial charge is 0.367 e. The Morgan fingerprint density at radius 3 is 2.76 bits per heavy atom. The Hall–Kier alpha value is -3.32. The summed E-state index contributed by atoms with van der Waals surface area (Å²) in [5.74, 6) is 1.52. The average molecular weight is 407 g/mol. The standard InChI is InChI=1S/C21H19ClN6O/c1-12-13(9-20(29)24-12)8-14-11-23-28-19(26-17-6-7-17)10-18(27-21(14)28)25-16-4-2-15(22)3-5-16/h2-5,8,10-11,17,26H,1,6-7,9H2,(H,24,29)(H,25,27)/b13-8+. The van der Waals surface area contributed by atoms with Gasteiger partial charge >= 0.3 is 0 Å². The zero-order valence-electron chi connectivity index (χ0n) is 15.6. The smallest absolute Gasteiger partial charge is 0.228 e. The van der Waals surface area contributed by atoms with Crippen molar-refractivity contribution >= 4 is 46.6 Å². The Labute approximate surface area is 172 Å². The Balaban J connectivity index is 1.56. The van der Waals surface area contributed by atoms with Crippen LogP contribution < -0.4 is 16.0 Å². The van der Waals surface area contributed by atoms with Crippen molar-refractivity contribution in [2.75, 3.05) is 10.6 Å². The van der Waals surface area contributed by atoms with E-state index in [2.05, 4.69) is 27.6 Å². The number of halogens is 1. The second-order valence-corrected chi connectivity index (χ2v) is 7.72. The van der Waals surface area contributed by atoms with Crippen molar-refractivity contribution in [1.29, 1.82) is 0 Å². The maximum atomic E-state index is 11.6. The van der Waals surface area contributed by atoms with E-state index in [1.165, 1.54) is 0 Å². The number of nitrogens with zero attached hydrogens (tertiary/aromatic N) is 3. The minimum absolute atomic E-state index is 0.0492. The Morgan fingerprint density at radius 1 is 1.28 bits per heavy atom. The predicted molar refractivity (Wildman–Crippen MR) is 114 cm³/mol. The third-order valence-corrected chi connectivity index (χ3v) is 5.16. The molecule has 0 atom stereocenters. The molecule has 3 heterocycles. The van der Waals surface area contributed by atoms with Crippen molar-refractivity contribution in [3.8, 4) is 0 Å². The molecule has 1 aromatic carbocycles. The number of allylic oxidation sites excluding steroid dienone is 1. The number of benzene rings is 1. The quantitative estimate of drug-likeness (QED) is 0.593. The van der Waals surface area contributed by atoms with Gasteiger partial charge < -0.3 is 16.0 Å². The minimum Gasteiger partial charge on any atom is -0.367 e. The molecule has 29 heavy (non-hydrogen) atoms. The van der Waals surface area contributed by atoms with Crippen molar-refractivity contribution < 1.29 is 4.79 Å². The Morgan fingerprint density at radius 2 is 2.07 bits per heavy atom. The zero-order chi connectivity index (χ0) is 20.0. The molecule has 1 amide bonds. The zero-order valence-corrected chi connectivity index (χ0v) is 16.3. The first kappa shape index (κ1) is 17.8. The van der Waals surface area contributed by atoms with Crippen LogP contribution in [-0.4, -0.2) is 26.5 Å².